The van der Waals surface area contributed by atoms with Crippen LogP contribution in [0.1, 0.15) is 41.0 Å². The summed E-state index contributed by atoms with van der Waals surface area (Å²) < 4.78 is 6.48. The number of esters is 1. The fourth-order valence-corrected chi connectivity index (χ4v) is 4.06. The van der Waals surface area contributed by atoms with Gasteiger partial charge >= 0.3 is 5.97 Å². The number of carbonyl (C=O) groups is 2. The summed E-state index contributed by atoms with van der Waals surface area (Å²) in [5.41, 5.74) is 1.20. The normalized spacial score (nSPS) is 11.5. The van der Waals surface area contributed by atoms with Gasteiger partial charge in [0.25, 0.3) is 0 Å². The molecule has 0 bridgehead atoms. The Morgan fingerprint density at radius 3 is 2.62 bits per heavy atom. The van der Waals surface area contributed by atoms with Crippen molar-refractivity contribution in [3.8, 4) is 0 Å². The highest BCUT2D eigenvalue weighted by Crippen LogP contribution is 2.29. The molecule has 7 heteroatoms. The Kier molecular flexibility index (Phi) is 5.11. The first-order valence-electron chi connectivity index (χ1n) is 8.17. The van der Waals surface area contributed by atoms with E-state index in [0.717, 1.165) is 20.8 Å². The smallest absolute Gasteiger partial charge is 0.349 e. The van der Waals surface area contributed by atoms with Crippen molar-refractivity contribution in [2.45, 2.75) is 34.3 Å². The van der Waals surface area contributed by atoms with Crippen LogP contribution in [-0.4, -0.2) is 16.9 Å². The molecular weight excluding hydrogens is 368 g/mol. The average molecular weight is 389 g/mol. The lowest BCUT2D eigenvalue weighted by molar-refractivity contribution is -0.123. The number of aromatic nitrogens is 1. The van der Waals surface area contributed by atoms with E-state index in [2.05, 4.69) is 10.3 Å². The van der Waals surface area contributed by atoms with Crippen molar-refractivity contribution in [1.29, 1.82) is 0 Å². The fourth-order valence-electron chi connectivity index (χ4n) is 2.22. The van der Waals surface area contributed by atoms with Crippen molar-refractivity contribution in [3.05, 3.63) is 45.8 Å². The maximum Gasteiger partial charge on any atom is 0.349 e. The van der Waals surface area contributed by atoms with Gasteiger partial charge in [0.1, 0.15) is 16.5 Å². The number of amides is 1. The van der Waals surface area contributed by atoms with Gasteiger partial charge in [-0.05, 0) is 30.7 Å². The SMILES string of the molecule is Cc1cc(NC(=O)C(C)(C)C)sc1C(=O)OCc1nc2ccccc2s1. The second kappa shape index (κ2) is 7.17. The first-order valence-corrected chi connectivity index (χ1v) is 9.81. The third-order valence-corrected chi connectivity index (χ3v) is 5.83. The van der Waals surface area contributed by atoms with Crippen LogP contribution in [0.2, 0.25) is 0 Å². The van der Waals surface area contributed by atoms with E-state index in [9.17, 15) is 9.59 Å². The van der Waals surface area contributed by atoms with Gasteiger partial charge < -0.3 is 10.1 Å². The molecule has 3 aromatic rings. The van der Waals surface area contributed by atoms with E-state index < -0.39 is 11.4 Å². The minimum atomic E-state index is -0.495. The molecule has 0 saturated carbocycles. The Morgan fingerprint density at radius 1 is 1.19 bits per heavy atom. The van der Waals surface area contributed by atoms with Gasteiger partial charge in [0.2, 0.25) is 5.91 Å². The highest BCUT2D eigenvalue weighted by molar-refractivity contribution is 7.18. The number of anilines is 1. The average Bonchev–Trinajstić information content (AvgIpc) is 3.14. The molecule has 0 spiro atoms. The zero-order valence-electron chi connectivity index (χ0n) is 15.1. The van der Waals surface area contributed by atoms with Gasteiger partial charge in [-0.15, -0.1) is 22.7 Å². The molecule has 0 aliphatic carbocycles. The minimum absolute atomic E-state index is 0.0897. The van der Waals surface area contributed by atoms with Crippen LogP contribution < -0.4 is 5.32 Å². The number of para-hydroxylation sites is 1. The molecule has 0 atom stereocenters. The van der Waals surface area contributed by atoms with Crippen LogP contribution in [-0.2, 0) is 16.1 Å². The van der Waals surface area contributed by atoms with E-state index in [0.29, 0.717) is 9.88 Å². The third-order valence-electron chi connectivity index (χ3n) is 3.69. The van der Waals surface area contributed by atoms with E-state index in [-0.39, 0.29) is 12.5 Å². The highest BCUT2D eigenvalue weighted by Gasteiger charge is 2.23. The topological polar surface area (TPSA) is 68.3 Å². The second-order valence-electron chi connectivity index (χ2n) is 6.98. The van der Waals surface area contributed by atoms with Gasteiger partial charge in [-0.1, -0.05) is 32.9 Å². The molecule has 3 rings (SSSR count). The molecule has 0 unspecified atom stereocenters. The number of aryl methyl sites for hydroxylation is 1. The molecule has 1 aromatic carbocycles. The van der Waals surface area contributed by atoms with Crippen molar-refractivity contribution in [1.82, 2.24) is 4.98 Å². The van der Waals surface area contributed by atoms with Crippen LogP contribution in [0.5, 0.6) is 0 Å². The van der Waals surface area contributed by atoms with E-state index >= 15 is 0 Å². The lowest BCUT2D eigenvalue weighted by Crippen LogP contribution is -2.27. The van der Waals surface area contributed by atoms with Crippen molar-refractivity contribution in [2.75, 3.05) is 5.32 Å². The summed E-state index contributed by atoms with van der Waals surface area (Å²) in [7, 11) is 0. The molecule has 0 saturated heterocycles. The number of ether oxygens (including phenoxy) is 1. The minimum Gasteiger partial charge on any atom is -0.454 e. The number of hydrogen-bond donors (Lipinski definition) is 1. The molecule has 5 nitrogen and oxygen atoms in total. The summed E-state index contributed by atoms with van der Waals surface area (Å²) in [5.74, 6) is -0.490. The zero-order valence-corrected chi connectivity index (χ0v) is 16.7. The van der Waals surface area contributed by atoms with E-state index in [4.69, 9.17) is 4.74 Å². The molecule has 1 N–H and O–H groups in total. The zero-order chi connectivity index (χ0) is 18.9. The predicted molar refractivity (Wildman–Crippen MR) is 106 cm³/mol. The molecule has 0 fully saturated rings. The molecule has 2 heterocycles. The number of nitrogens with zero attached hydrogens (tertiary/aromatic N) is 1. The Bertz CT molecular complexity index is 934. The van der Waals surface area contributed by atoms with Gasteiger partial charge in [0.05, 0.1) is 15.2 Å². The van der Waals surface area contributed by atoms with Gasteiger partial charge in [0, 0.05) is 5.41 Å². The number of benzene rings is 1. The summed E-state index contributed by atoms with van der Waals surface area (Å²) in [6.07, 6.45) is 0. The number of fused-ring (bicyclic) bond motifs is 1. The molecular formula is C19H20N2O3S2. The lowest BCUT2D eigenvalue weighted by Gasteiger charge is -2.16. The number of carbonyl (C=O) groups excluding carboxylic acids is 2. The maximum absolute atomic E-state index is 12.4. The molecule has 0 radical (unpaired) electrons. The summed E-state index contributed by atoms with van der Waals surface area (Å²) in [4.78, 5) is 29.5. The van der Waals surface area contributed by atoms with Gasteiger partial charge in [-0.3, -0.25) is 4.79 Å². The van der Waals surface area contributed by atoms with Crippen LogP contribution in [0.3, 0.4) is 0 Å². The van der Waals surface area contributed by atoms with Gasteiger partial charge in [0.15, 0.2) is 0 Å². The fraction of sp³-hybridized carbons (Fsp3) is 0.316. The Balaban J connectivity index is 1.67. The second-order valence-corrected chi connectivity index (χ2v) is 9.15. The molecule has 136 valence electrons. The Hall–Kier alpha value is -2.25. The highest BCUT2D eigenvalue weighted by atomic mass is 32.1. The van der Waals surface area contributed by atoms with Crippen LogP contribution in [0, 0.1) is 12.3 Å². The van der Waals surface area contributed by atoms with Gasteiger partial charge in [-0.2, -0.15) is 0 Å². The maximum atomic E-state index is 12.4. The summed E-state index contributed by atoms with van der Waals surface area (Å²) >= 11 is 2.74. The van der Waals surface area contributed by atoms with Crippen LogP contribution in [0.15, 0.2) is 30.3 Å². The van der Waals surface area contributed by atoms with Crippen molar-refractivity contribution in [3.63, 3.8) is 0 Å². The molecule has 0 aliphatic heterocycles. The predicted octanol–water partition coefficient (Wildman–Crippen LogP) is 5.01. The lowest BCUT2D eigenvalue weighted by atomic mass is 9.96. The Labute approximate surface area is 160 Å². The standard InChI is InChI=1S/C19H20N2O3S2/c1-11-9-14(21-18(23)19(2,3)4)26-16(11)17(22)24-10-15-20-12-7-5-6-8-13(12)25-15/h5-9H,10H2,1-4H3,(H,21,23). The number of thiazole rings is 1. The number of hydrogen-bond acceptors (Lipinski definition) is 6. The first-order chi connectivity index (χ1) is 12.2. The monoisotopic (exact) mass is 388 g/mol. The van der Waals surface area contributed by atoms with Crippen LogP contribution >= 0.6 is 22.7 Å². The van der Waals surface area contributed by atoms with E-state index in [1.54, 1.807) is 6.07 Å². The van der Waals surface area contributed by atoms with Crippen molar-refractivity contribution >= 4 is 49.8 Å². The number of thiophene rings is 1. The van der Waals surface area contributed by atoms with Crippen LogP contribution in [0.4, 0.5) is 5.00 Å². The van der Waals surface area contributed by atoms with E-state index in [1.165, 1.54) is 22.7 Å². The number of rotatable bonds is 4. The third kappa shape index (κ3) is 4.11. The Morgan fingerprint density at radius 2 is 1.92 bits per heavy atom. The van der Waals surface area contributed by atoms with Crippen molar-refractivity contribution in [2.24, 2.45) is 5.41 Å². The molecule has 26 heavy (non-hydrogen) atoms. The largest absolute Gasteiger partial charge is 0.454 e. The quantitative estimate of drug-likeness (QED) is 0.638. The summed E-state index contributed by atoms with van der Waals surface area (Å²) in [6.45, 7) is 7.50. The van der Waals surface area contributed by atoms with Crippen molar-refractivity contribution < 1.29 is 14.3 Å². The summed E-state index contributed by atoms with van der Waals surface area (Å²) in [6, 6.07) is 9.61. The first kappa shape index (κ1) is 18.5. The van der Waals surface area contributed by atoms with Gasteiger partial charge in [-0.25, -0.2) is 9.78 Å². The van der Waals surface area contributed by atoms with Crippen LogP contribution in [0.25, 0.3) is 10.2 Å². The molecule has 2 aromatic heterocycles. The van der Waals surface area contributed by atoms with E-state index in [1.807, 2.05) is 52.0 Å². The molecule has 1 amide bonds. The summed E-state index contributed by atoms with van der Waals surface area (Å²) in [5, 5.41) is 4.26. The molecule has 0 aliphatic rings. The number of nitrogens with one attached hydrogen (secondary N) is 1.